The Balaban J connectivity index is 1.59. The monoisotopic (exact) mass is 426 g/mol. The molecule has 1 amide bonds. The molecule has 0 saturated heterocycles. The van der Waals surface area contributed by atoms with Gasteiger partial charge in [-0.2, -0.15) is 14.9 Å². The van der Waals surface area contributed by atoms with Crippen LogP contribution in [0.3, 0.4) is 0 Å². The van der Waals surface area contributed by atoms with Crippen molar-refractivity contribution in [1.29, 1.82) is 0 Å². The van der Waals surface area contributed by atoms with Gasteiger partial charge < -0.3 is 10.1 Å². The minimum absolute atomic E-state index is 0.0653. The van der Waals surface area contributed by atoms with Crippen LogP contribution in [0, 0.1) is 13.8 Å². The van der Waals surface area contributed by atoms with E-state index in [0.29, 0.717) is 23.9 Å². The van der Waals surface area contributed by atoms with Crippen LogP contribution >= 0.6 is 0 Å². The number of carbonyl (C=O) groups is 1. The lowest BCUT2D eigenvalue weighted by molar-refractivity contribution is -0.116. The van der Waals surface area contributed by atoms with E-state index in [0.717, 1.165) is 33.7 Å². The number of methoxy groups -OCH3 is 1. The Kier molecular flexibility index (Phi) is 4.89. The van der Waals surface area contributed by atoms with Crippen molar-refractivity contribution in [3.8, 4) is 23.0 Å². The van der Waals surface area contributed by atoms with Crippen molar-refractivity contribution in [2.75, 3.05) is 12.4 Å². The Bertz CT molecular complexity index is 1310. The summed E-state index contributed by atoms with van der Waals surface area (Å²) < 4.78 is 6.80. The van der Waals surface area contributed by atoms with Gasteiger partial charge in [-0.05, 0) is 43.7 Å². The molecule has 4 aromatic rings. The number of fused-ring (bicyclic) bond motifs is 1. The predicted octanol–water partition coefficient (Wildman–Crippen LogP) is 3.82. The highest BCUT2D eigenvalue weighted by atomic mass is 16.5. The van der Waals surface area contributed by atoms with Crippen LogP contribution in [0.1, 0.15) is 34.7 Å². The van der Waals surface area contributed by atoms with Crippen LogP contribution in [0.25, 0.3) is 17.2 Å². The fourth-order valence-corrected chi connectivity index (χ4v) is 4.15. The van der Waals surface area contributed by atoms with Crippen molar-refractivity contribution in [2.24, 2.45) is 0 Å². The Labute approximate surface area is 185 Å². The lowest BCUT2D eigenvalue weighted by Crippen LogP contribution is -2.25. The SMILES string of the molecule is COc1ccc(-c2cnnc(-n3nc(C)c4c3NC(=O)C[C@@H]4c3cccc(C)c3)n2)cc1. The van der Waals surface area contributed by atoms with Gasteiger partial charge in [0.1, 0.15) is 11.6 Å². The summed E-state index contributed by atoms with van der Waals surface area (Å²) in [6.07, 6.45) is 1.97. The van der Waals surface area contributed by atoms with Gasteiger partial charge in [0.2, 0.25) is 5.91 Å². The van der Waals surface area contributed by atoms with E-state index in [1.54, 1.807) is 18.0 Å². The fraction of sp³-hybridized carbons (Fsp3) is 0.208. The highest BCUT2D eigenvalue weighted by Gasteiger charge is 2.33. The molecule has 0 spiro atoms. The number of anilines is 1. The molecule has 1 aliphatic heterocycles. The second kappa shape index (κ2) is 7.88. The molecule has 32 heavy (non-hydrogen) atoms. The van der Waals surface area contributed by atoms with E-state index < -0.39 is 0 Å². The summed E-state index contributed by atoms with van der Waals surface area (Å²) in [6, 6.07) is 15.8. The quantitative estimate of drug-likeness (QED) is 0.533. The molecule has 0 unspecified atom stereocenters. The molecule has 0 saturated carbocycles. The number of aromatic nitrogens is 5. The third-order valence-corrected chi connectivity index (χ3v) is 5.67. The number of nitrogens with one attached hydrogen (secondary N) is 1. The summed E-state index contributed by atoms with van der Waals surface area (Å²) in [4.78, 5) is 17.3. The van der Waals surface area contributed by atoms with Crippen LogP contribution in [0.2, 0.25) is 0 Å². The molecule has 8 nitrogen and oxygen atoms in total. The Morgan fingerprint density at radius 2 is 1.94 bits per heavy atom. The molecule has 3 heterocycles. The van der Waals surface area contributed by atoms with Crippen LogP contribution in [0.5, 0.6) is 5.75 Å². The first-order chi connectivity index (χ1) is 15.5. The standard InChI is InChI=1S/C24H22N6O2/c1-14-5-4-6-17(11-14)19-12-21(31)27-23-22(19)15(2)29-30(23)24-26-20(13-25-28-24)16-7-9-18(32-3)10-8-16/h4-11,13,19H,12H2,1-3H3,(H,27,31)/t19-/m1/s1. The smallest absolute Gasteiger partial charge is 0.272 e. The van der Waals surface area contributed by atoms with Crippen LogP contribution in [-0.4, -0.2) is 38.0 Å². The number of hydrogen-bond donors (Lipinski definition) is 1. The van der Waals surface area contributed by atoms with Crippen LogP contribution in [-0.2, 0) is 4.79 Å². The van der Waals surface area contributed by atoms with Crippen molar-refractivity contribution in [2.45, 2.75) is 26.2 Å². The van der Waals surface area contributed by atoms with E-state index >= 15 is 0 Å². The van der Waals surface area contributed by atoms with Crippen molar-refractivity contribution >= 4 is 11.7 Å². The maximum atomic E-state index is 12.6. The minimum Gasteiger partial charge on any atom is -0.497 e. The maximum absolute atomic E-state index is 12.6. The molecule has 5 rings (SSSR count). The molecule has 2 aromatic heterocycles. The van der Waals surface area contributed by atoms with E-state index in [1.807, 2.05) is 50.2 Å². The molecule has 8 heteroatoms. The Morgan fingerprint density at radius 1 is 1.12 bits per heavy atom. The summed E-state index contributed by atoms with van der Waals surface area (Å²) in [7, 11) is 1.63. The predicted molar refractivity (Wildman–Crippen MR) is 120 cm³/mol. The molecular formula is C24H22N6O2. The average Bonchev–Trinajstić information content (AvgIpc) is 3.15. The highest BCUT2D eigenvalue weighted by Crippen LogP contribution is 2.40. The molecule has 160 valence electrons. The number of hydrogen-bond acceptors (Lipinski definition) is 6. The number of nitrogens with zero attached hydrogens (tertiary/aromatic N) is 5. The zero-order valence-electron chi connectivity index (χ0n) is 18.0. The fourth-order valence-electron chi connectivity index (χ4n) is 4.15. The van der Waals surface area contributed by atoms with Gasteiger partial charge in [0.25, 0.3) is 5.95 Å². The molecular weight excluding hydrogens is 404 g/mol. The topological polar surface area (TPSA) is 94.8 Å². The van der Waals surface area contributed by atoms with Gasteiger partial charge in [-0.3, -0.25) is 4.79 Å². The van der Waals surface area contributed by atoms with E-state index in [9.17, 15) is 4.79 Å². The van der Waals surface area contributed by atoms with Gasteiger partial charge in [-0.25, -0.2) is 4.98 Å². The summed E-state index contributed by atoms with van der Waals surface area (Å²) in [5.41, 5.74) is 5.58. The molecule has 0 aliphatic carbocycles. The van der Waals surface area contributed by atoms with Crippen molar-refractivity contribution in [3.63, 3.8) is 0 Å². The first-order valence-electron chi connectivity index (χ1n) is 10.3. The zero-order chi connectivity index (χ0) is 22.2. The summed E-state index contributed by atoms with van der Waals surface area (Å²) in [5, 5.41) is 16.0. The van der Waals surface area contributed by atoms with Gasteiger partial charge >= 0.3 is 0 Å². The summed E-state index contributed by atoms with van der Waals surface area (Å²) >= 11 is 0. The van der Waals surface area contributed by atoms with Gasteiger partial charge in [0.05, 0.1) is 24.7 Å². The second-order valence-electron chi connectivity index (χ2n) is 7.85. The number of amides is 1. The summed E-state index contributed by atoms with van der Waals surface area (Å²) in [5.74, 6) is 1.51. The van der Waals surface area contributed by atoms with Crippen molar-refractivity contribution in [3.05, 3.63) is 77.1 Å². The number of rotatable bonds is 4. The second-order valence-corrected chi connectivity index (χ2v) is 7.85. The van der Waals surface area contributed by atoms with Crippen molar-refractivity contribution < 1.29 is 9.53 Å². The van der Waals surface area contributed by atoms with Crippen LogP contribution in [0.15, 0.2) is 54.7 Å². The first kappa shape index (κ1) is 19.9. The Hall–Kier alpha value is -4.07. The lowest BCUT2D eigenvalue weighted by atomic mass is 9.85. The van der Waals surface area contributed by atoms with Gasteiger partial charge in [0.15, 0.2) is 0 Å². The third kappa shape index (κ3) is 3.49. The molecule has 1 atom stereocenters. The first-order valence-corrected chi connectivity index (χ1v) is 10.3. The highest BCUT2D eigenvalue weighted by molar-refractivity contribution is 5.95. The molecule has 1 aliphatic rings. The van der Waals surface area contributed by atoms with E-state index in [2.05, 4.69) is 37.7 Å². The normalized spacial score (nSPS) is 15.2. The number of benzene rings is 2. The van der Waals surface area contributed by atoms with E-state index in [4.69, 9.17) is 4.74 Å². The van der Waals surface area contributed by atoms with Crippen molar-refractivity contribution in [1.82, 2.24) is 25.0 Å². The molecule has 2 aromatic carbocycles. The number of ether oxygens (including phenoxy) is 1. The van der Waals surface area contributed by atoms with Crippen LogP contribution in [0.4, 0.5) is 5.82 Å². The molecule has 0 bridgehead atoms. The van der Waals surface area contributed by atoms with Crippen LogP contribution < -0.4 is 10.1 Å². The van der Waals surface area contributed by atoms with Gasteiger partial charge in [-0.1, -0.05) is 29.8 Å². The average molecular weight is 426 g/mol. The zero-order valence-corrected chi connectivity index (χ0v) is 18.0. The molecule has 0 fully saturated rings. The lowest BCUT2D eigenvalue weighted by Gasteiger charge is -2.24. The Morgan fingerprint density at radius 3 is 2.69 bits per heavy atom. The maximum Gasteiger partial charge on any atom is 0.272 e. The van der Waals surface area contributed by atoms with E-state index in [1.165, 1.54) is 0 Å². The molecule has 1 N–H and O–H groups in total. The number of carbonyl (C=O) groups excluding carboxylic acids is 1. The van der Waals surface area contributed by atoms with E-state index in [-0.39, 0.29) is 11.8 Å². The summed E-state index contributed by atoms with van der Waals surface area (Å²) in [6.45, 7) is 3.99. The third-order valence-electron chi connectivity index (χ3n) is 5.67. The minimum atomic E-state index is -0.0786. The molecule has 0 radical (unpaired) electrons. The number of aryl methyl sites for hydroxylation is 2. The van der Waals surface area contributed by atoms with Gasteiger partial charge in [-0.15, -0.1) is 5.10 Å². The van der Waals surface area contributed by atoms with Gasteiger partial charge in [0, 0.05) is 23.5 Å². The largest absolute Gasteiger partial charge is 0.497 e.